The second-order valence-corrected chi connectivity index (χ2v) is 6.23. The van der Waals surface area contributed by atoms with Crippen LogP contribution >= 0.6 is 7.60 Å². The van der Waals surface area contributed by atoms with Crippen LogP contribution in [0.15, 0.2) is 5.16 Å². The van der Waals surface area contributed by atoms with Crippen LogP contribution in [-0.2, 0) is 13.6 Å². The van der Waals surface area contributed by atoms with Crippen molar-refractivity contribution in [2.75, 3.05) is 19.4 Å². The third-order valence-electron chi connectivity index (χ3n) is 2.34. The molecule has 0 aliphatic heterocycles. The quantitative estimate of drug-likeness (QED) is 0.151. The lowest BCUT2D eigenvalue weighted by Crippen LogP contribution is -2.14. The highest BCUT2D eigenvalue weighted by Crippen LogP contribution is 2.49. The molecule has 0 rings (SSSR count). The van der Waals surface area contributed by atoms with Crippen LogP contribution < -0.4 is 5.73 Å². The molecular weight excluding hydrogens is 255 g/mol. The van der Waals surface area contributed by atoms with Crippen LogP contribution in [0, 0.1) is 0 Å². The first-order chi connectivity index (χ1) is 8.58. The Morgan fingerprint density at radius 1 is 1.22 bits per heavy atom. The molecule has 0 fully saturated rings. The van der Waals surface area contributed by atoms with E-state index in [1.807, 2.05) is 13.8 Å². The van der Waals surface area contributed by atoms with Crippen molar-refractivity contribution < 1.29 is 18.8 Å². The zero-order valence-electron chi connectivity index (χ0n) is 11.3. The number of nitrogens with two attached hydrogens (primary N) is 1. The summed E-state index contributed by atoms with van der Waals surface area (Å²) in [5, 5.41) is 11.3. The number of hydrogen-bond acceptors (Lipinski definition) is 5. The van der Waals surface area contributed by atoms with Crippen LogP contribution in [0.5, 0.6) is 0 Å². The molecule has 108 valence electrons. The molecule has 7 heteroatoms. The van der Waals surface area contributed by atoms with E-state index in [2.05, 4.69) is 5.16 Å². The SMILES string of the molecule is CCCCOP(=O)(CCC(N)=NO)OCCCC. The molecule has 0 aliphatic carbocycles. The van der Waals surface area contributed by atoms with Gasteiger partial charge in [-0.2, -0.15) is 0 Å². The summed E-state index contributed by atoms with van der Waals surface area (Å²) in [7, 11) is -3.12. The fourth-order valence-corrected chi connectivity index (χ4v) is 2.81. The number of oxime groups is 1. The van der Waals surface area contributed by atoms with E-state index in [1.165, 1.54) is 0 Å². The van der Waals surface area contributed by atoms with Gasteiger partial charge in [0.05, 0.1) is 19.4 Å². The van der Waals surface area contributed by atoms with Crippen molar-refractivity contribution in [1.29, 1.82) is 0 Å². The summed E-state index contributed by atoms with van der Waals surface area (Å²) in [6.45, 7) is 4.89. The molecule has 0 saturated carbocycles. The molecule has 0 aromatic carbocycles. The van der Waals surface area contributed by atoms with E-state index >= 15 is 0 Å². The molecule has 0 heterocycles. The van der Waals surface area contributed by atoms with Crippen molar-refractivity contribution in [1.82, 2.24) is 0 Å². The van der Waals surface area contributed by atoms with Gasteiger partial charge in [0.2, 0.25) is 0 Å². The standard InChI is InChI=1S/C11H25N2O4P/c1-3-5-8-16-18(15,17-9-6-4-2)10-7-11(12)13-14/h14H,3-10H2,1-2H3,(H2,12,13). The minimum absolute atomic E-state index is 0.0356. The van der Waals surface area contributed by atoms with Gasteiger partial charge in [0, 0.05) is 6.42 Å². The molecule has 0 saturated heterocycles. The number of hydrogen-bond donors (Lipinski definition) is 2. The third kappa shape index (κ3) is 8.50. The highest BCUT2D eigenvalue weighted by molar-refractivity contribution is 7.53. The minimum atomic E-state index is -3.12. The molecule has 0 atom stereocenters. The monoisotopic (exact) mass is 280 g/mol. The first-order valence-corrected chi connectivity index (χ1v) is 8.15. The van der Waals surface area contributed by atoms with Gasteiger partial charge < -0.3 is 20.0 Å². The smallest absolute Gasteiger partial charge is 0.331 e. The molecule has 0 unspecified atom stereocenters. The van der Waals surface area contributed by atoms with Gasteiger partial charge in [-0.15, -0.1) is 0 Å². The van der Waals surface area contributed by atoms with Crippen LogP contribution in [0.2, 0.25) is 0 Å². The maximum absolute atomic E-state index is 12.3. The van der Waals surface area contributed by atoms with Crippen LogP contribution in [0.3, 0.4) is 0 Å². The molecular formula is C11H25N2O4P. The van der Waals surface area contributed by atoms with E-state index in [1.54, 1.807) is 0 Å². The van der Waals surface area contributed by atoms with Gasteiger partial charge >= 0.3 is 7.60 Å². The molecule has 0 bridgehead atoms. The van der Waals surface area contributed by atoms with Gasteiger partial charge in [-0.25, -0.2) is 0 Å². The largest absolute Gasteiger partial charge is 0.409 e. The zero-order valence-corrected chi connectivity index (χ0v) is 12.2. The lowest BCUT2D eigenvalue weighted by Gasteiger charge is -2.18. The third-order valence-corrected chi connectivity index (χ3v) is 4.27. The fourth-order valence-electron chi connectivity index (χ4n) is 1.16. The van der Waals surface area contributed by atoms with Crippen LogP contribution in [-0.4, -0.2) is 30.4 Å². The van der Waals surface area contributed by atoms with Crippen molar-refractivity contribution in [3.63, 3.8) is 0 Å². The van der Waals surface area contributed by atoms with Crippen LogP contribution in [0.4, 0.5) is 0 Å². The van der Waals surface area contributed by atoms with Gasteiger partial charge in [0.25, 0.3) is 0 Å². The van der Waals surface area contributed by atoms with Crippen LogP contribution in [0.1, 0.15) is 46.0 Å². The minimum Gasteiger partial charge on any atom is -0.409 e. The first-order valence-electron chi connectivity index (χ1n) is 6.42. The van der Waals surface area contributed by atoms with E-state index in [9.17, 15) is 4.57 Å². The molecule has 0 aliphatic rings. The molecule has 0 aromatic rings. The summed E-state index contributed by atoms with van der Waals surface area (Å²) in [4.78, 5) is 0. The number of nitrogens with zero attached hydrogens (tertiary/aromatic N) is 1. The Bertz CT molecular complexity index is 270. The molecule has 0 aromatic heterocycles. The Morgan fingerprint density at radius 3 is 2.11 bits per heavy atom. The van der Waals surface area contributed by atoms with Crippen molar-refractivity contribution in [3.8, 4) is 0 Å². The normalized spacial score (nSPS) is 12.9. The second-order valence-electron chi connectivity index (χ2n) is 4.05. The average molecular weight is 280 g/mol. The molecule has 0 radical (unpaired) electrons. The van der Waals surface area contributed by atoms with E-state index in [0.29, 0.717) is 13.2 Å². The zero-order chi connectivity index (χ0) is 13.9. The molecule has 6 nitrogen and oxygen atoms in total. The number of amidine groups is 1. The number of unbranched alkanes of at least 4 members (excludes halogenated alkanes) is 2. The molecule has 0 amide bonds. The average Bonchev–Trinajstić information content (AvgIpc) is 2.37. The highest BCUT2D eigenvalue weighted by atomic mass is 31.2. The van der Waals surface area contributed by atoms with E-state index < -0.39 is 7.60 Å². The maximum Gasteiger partial charge on any atom is 0.331 e. The van der Waals surface area contributed by atoms with Gasteiger partial charge in [0.1, 0.15) is 5.84 Å². The van der Waals surface area contributed by atoms with E-state index in [4.69, 9.17) is 20.0 Å². The van der Waals surface area contributed by atoms with Crippen molar-refractivity contribution in [2.45, 2.75) is 46.0 Å². The fraction of sp³-hybridized carbons (Fsp3) is 0.909. The summed E-state index contributed by atoms with van der Waals surface area (Å²) in [6, 6.07) is 0. The summed E-state index contributed by atoms with van der Waals surface area (Å²) in [5.41, 5.74) is 5.36. The molecule has 3 N–H and O–H groups in total. The summed E-state index contributed by atoms with van der Waals surface area (Å²) in [5.74, 6) is 0.0356. The van der Waals surface area contributed by atoms with Gasteiger partial charge in [-0.3, -0.25) is 4.57 Å². The Hall–Kier alpha value is -0.580. The van der Waals surface area contributed by atoms with E-state index in [0.717, 1.165) is 25.7 Å². The lowest BCUT2D eigenvalue weighted by atomic mass is 10.4. The maximum atomic E-state index is 12.3. The second kappa shape index (κ2) is 10.4. The number of rotatable bonds is 11. The Morgan fingerprint density at radius 2 is 1.72 bits per heavy atom. The topological polar surface area (TPSA) is 94.1 Å². The molecule has 18 heavy (non-hydrogen) atoms. The van der Waals surface area contributed by atoms with Gasteiger partial charge in [0.15, 0.2) is 0 Å². The van der Waals surface area contributed by atoms with Crippen molar-refractivity contribution in [2.24, 2.45) is 10.9 Å². The highest BCUT2D eigenvalue weighted by Gasteiger charge is 2.24. The Kier molecular flexibility index (Phi) is 10.0. The van der Waals surface area contributed by atoms with Crippen molar-refractivity contribution in [3.05, 3.63) is 0 Å². The Labute approximate surface area is 109 Å². The van der Waals surface area contributed by atoms with Crippen LogP contribution in [0.25, 0.3) is 0 Å². The summed E-state index contributed by atoms with van der Waals surface area (Å²) < 4.78 is 23.1. The predicted molar refractivity (Wildman–Crippen MR) is 72.2 cm³/mol. The van der Waals surface area contributed by atoms with Gasteiger partial charge in [-0.1, -0.05) is 31.8 Å². The van der Waals surface area contributed by atoms with Crippen molar-refractivity contribution >= 4 is 13.4 Å². The summed E-state index contributed by atoms with van der Waals surface area (Å²) >= 11 is 0. The van der Waals surface area contributed by atoms with Gasteiger partial charge in [-0.05, 0) is 12.8 Å². The predicted octanol–water partition coefficient (Wildman–Crippen LogP) is 2.95. The summed E-state index contributed by atoms with van der Waals surface area (Å²) in [6.07, 6.45) is 3.96. The van der Waals surface area contributed by atoms with E-state index in [-0.39, 0.29) is 18.4 Å². The Balaban J connectivity index is 4.24. The first kappa shape index (κ1) is 17.4. The molecule has 0 spiro atoms. The lowest BCUT2D eigenvalue weighted by molar-refractivity contribution is 0.200.